The molecule has 12 heavy (non-hydrogen) atoms. The Kier molecular flexibility index (Phi) is 6.57. The quantitative estimate of drug-likeness (QED) is 0.428. The van der Waals surface area contributed by atoms with E-state index < -0.39 is 0 Å². The van der Waals surface area contributed by atoms with E-state index in [4.69, 9.17) is 6.42 Å². The van der Waals surface area contributed by atoms with Gasteiger partial charge in [-0.05, 0) is 39.0 Å². The van der Waals surface area contributed by atoms with Crippen molar-refractivity contribution in [1.29, 1.82) is 0 Å². The van der Waals surface area contributed by atoms with Crippen LogP contribution in [0.4, 0.5) is 0 Å². The van der Waals surface area contributed by atoms with Gasteiger partial charge in [0.1, 0.15) is 0 Å². The van der Waals surface area contributed by atoms with Gasteiger partial charge in [0.25, 0.3) is 0 Å². The summed E-state index contributed by atoms with van der Waals surface area (Å²) in [6.07, 6.45) is 12.1. The number of allylic oxidation sites excluding steroid dienone is 2. The van der Waals surface area contributed by atoms with Crippen molar-refractivity contribution in [3.05, 3.63) is 11.6 Å². The third-order valence-corrected chi connectivity index (χ3v) is 1.99. The summed E-state index contributed by atoms with van der Waals surface area (Å²) in [4.78, 5) is 0. The molecule has 0 aliphatic heterocycles. The standard InChI is InChI=1S/C12H20/c1-5-6-9-12(4)10-7-8-11(2)3/h1,8,12H,6-7,9-10H2,2-4H3. The predicted octanol–water partition coefficient (Wildman–Crippen LogP) is 3.78. The fourth-order valence-corrected chi connectivity index (χ4v) is 1.13. The lowest BCUT2D eigenvalue weighted by Gasteiger charge is -2.06. The fraction of sp³-hybridized carbons (Fsp3) is 0.667. The minimum atomic E-state index is 0.775. The highest BCUT2D eigenvalue weighted by Crippen LogP contribution is 2.12. The highest BCUT2D eigenvalue weighted by Gasteiger charge is 1.98. The second-order valence-electron chi connectivity index (χ2n) is 3.71. The summed E-state index contributed by atoms with van der Waals surface area (Å²) in [5.74, 6) is 3.46. The van der Waals surface area contributed by atoms with E-state index in [0.717, 1.165) is 12.3 Å². The number of rotatable bonds is 5. The van der Waals surface area contributed by atoms with E-state index in [2.05, 4.69) is 32.8 Å². The van der Waals surface area contributed by atoms with Crippen LogP contribution in [0, 0.1) is 18.3 Å². The van der Waals surface area contributed by atoms with Crippen LogP contribution in [-0.2, 0) is 0 Å². The van der Waals surface area contributed by atoms with Crippen LogP contribution in [0.15, 0.2) is 11.6 Å². The van der Waals surface area contributed by atoms with E-state index in [1.807, 2.05) is 0 Å². The molecule has 0 heterocycles. The zero-order valence-corrected chi connectivity index (χ0v) is 8.56. The minimum absolute atomic E-state index is 0.775. The van der Waals surface area contributed by atoms with Gasteiger partial charge >= 0.3 is 0 Å². The van der Waals surface area contributed by atoms with Crippen LogP contribution < -0.4 is 0 Å². The van der Waals surface area contributed by atoms with Gasteiger partial charge in [0.2, 0.25) is 0 Å². The molecule has 0 aromatic heterocycles. The number of hydrogen-bond acceptors (Lipinski definition) is 0. The zero-order chi connectivity index (χ0) is 9.40. The lowest BCUT2D eigenvalue weighted by atomic mass is 9.99. The van der Waals surface area contributed by atoms with E-state index in [0.29, 0.717) is 0 Å². The molecule has 0 saturated carbocycles. The Bertz CT molecular complexity index is 165. The first-order valence-electron chi connectivity index (χ1n) is 4.73. The Morgan fingerprint density at radius 3 is 2.58 bits per heavy atom. The largest absolute Gasteiger partial charge is 0.120 e. The summed E-state index contributed by atoms with van der Waals surface area (Å²) >= 11 is 0. The van der Waals surface area contributed by atoms with E-state index in [1.54, 1.807) is 0 Å². The molecule has 0 N–H and O–H groups in total. The summed E-state index contributed by atoms with van der Waals surface area (Å²) in [7, 11) is 0. The van der Waals surface area contributed by atoms with Crippen molar-refractivity contribution in [2.45, 2.75) is 46.5 Å². The molecule has 0 heteroatoms. The lowest BCUT2D eigenvalue weighted by molar-refractivity contribution is 0.504. The van der Waals surface area contributed by atoms with Crippen LogP contribution in [0.3, 0.4) is 0 Å². The molecular weight excluding hydrogens is 144 g/mol. The average Bonchev–Trinajstić information content (AvgIpc) is 2.00. The van der Waals surface area contributed by atoms with Gasteiger partial charge in [-0.25, -0.2) is 0 Å². The maximum atomic E-state index is 5.19. The summed E-state index contributed by atoms with van der Waals surface area (Å²) < 4.78 is 0. The Balaban J connectivity index is 3.39. The van der Waals surface area contributed by atoms with E-state index in [9.17, 15) is 0 Å². The molecule has 1 atom stereocenters. The van der Waals surface area contributed by atoms with Crippen LogP contribution in [0.2, 0.25) is 0 Å². The van der Waals surface area contributed by atoms with Crippen molar-refractivity contribution in [3.8, 4) is 12.3 Å². The maximum Gasteiger partial charge on any atom is 0.00885 e. The summed E-state index contributed by atoms with van der Waals surface area (Å²) in [5, 5.41) is 0. The first-order valence-corrected chi connectivity index (χ1v) is 4.73. The molecule has 0 aliphatic rings. The molecule has 0 fully saturated rings. The van der Waals surface area contributed by atoms with E-state index >= 15 is 0 Å². The zero-order valence-electron chi connectivity index (χ0n) is 8.56. The first kappa shape index (κ1) is 11.3. The van der Waals surface area contributed by atoms with Crippen molar-refractivity contribution < 1.29 is 0 Å². The van der Waals surface area contributed by atoms with Crippen LogP contribution in [0.5, 0.6) is 0 Å². The topological polar surface area (TPSA) is 0 Å². The van der Waals surface area contributed by atoms with Crippen molar-refractivity contribution in [2.24, 2.45) is 5.92 Å². The van der Waals surface area contributed by atoms with Gasteiger partial charge in [-0.2, -0.15) is 0 Å². The van der Waals surface area contributed by atoms with Crippen LogP contribution in [0.25, 0.3) is 0 Å². The van der Waals surface area contributed by atoms with Gasteiger partial charge in [-0.15, -0.1) is 12.3 Å². The molecule has 0 aromatic rings. The molecular formula is C12H20. The van der Waals surface area contributed by atoms with Crippen molar-refractivity contribution in [1.82, 2.24) is 0 Å². The Morgan fingerprint density at radius 2 is 2.08 bits per heavy atom. The average molecular weight is 164 g/mol. The molecule has 0 rings (SSSR count). The Hall–Kier alpha value is -0.700. The second kappa shape index (κ2) is 6.98. The second-order valence-corrected chi connectivity index (χ2v) is 3.71. The van der Waals surface area contributed by atoms with Crippen molar-refractivity contribution >= 4 is 0 Å². The third kappa shape index (κ3) is 7.41. The smallest absolute Gasteiger partial charge is 0.00885 e. The van der Waals surface area contributed by atoms with Crippen LogP contribution in [0.1, 0.15) is 46.5 Å². The monoisotopic (exact) mass is 164 g/mol. The van der Waals surface area contributed by atoms with Crippen LogP contribution >= 0.6 is 0 Å². The molecule has 0 saturated heterocycles. The molecule has 1 unspecified atom stereocenters. The third-order valence-electron chi connectivity index (χ3n) is 1.99. The predicted molar refractivity (Wildman–Crippen MR) is 55.9 cm³/mol. The minimum Gasteiger partial charge on any atom is -0.120 e. The molecule has 0 amide bonds. The fourth-order valence-electron chi connectivity index (χ4n) is 1.13. The summed E-state index contributed by atoms with van der Waals surface area (Å²) in [5.41, 5.74) is 1.42. The van der Waals surface area contributed by atoms with E-state index in [-0.39, 0.29) is 0 Å². The first-order chi connectivity index (χ1) is 5.66. The van der Waals surface area contributed by atoms with Crippen molar-refractivity contribution in [2.75, 3.05) is 0 Å². The van der Waals surface area contributed by atoms with Gasteiger partial charge in [0, 0.05) is 6.42 Å². The Labute approximate surface area is 77.1 Å². The molecule has 0 bridgehead atoms. The number of terminal acetylenes is 1. The SMILES string of the molecule is C#CCCC(C)CCC=C(C)C. The van der Waals surface area contributed by atoms with Gasteiger partial charge in [-0.3, -0.25) is 0 Å². The lowest BCUT2D eigenvalue weighted by Crippen LogP contribution is -1.92. The van der Waals surface area contributed by atoms with Crippen molar-refractivity contribution in [3.63, 3.8) is 0 Å². The van der Waals surface area contributed by atoms with Gasteiger partial charge < -0.3 is 0 Å². The normalized spacial score (nSPS) is 11.8. The molecule has 0 nitrogen and oxygen atoms in total. The van der Waals surface area contributed by atoms with Gasteiger partial charge in [-0.1, -0.05) is 18.6 Å². The van der Waals surface area contributed by atoms with Crippen LogP contribution in [-0.4, -0.2) is 0 Å². The maximum absolute atomic E-state index is 5.19. The molecule has 0 radical (unpaired) electrons. The highest BCUT2D eigenvalue weighted by atomic mass is 14.0. The Morgan fingerprint density at radius 1 is 1.42 bits per heavy atom. The molecule has 0 aromatic carbocycles. The van der Waals surface area contributed by atoms with E-state index in [1.165, 1.54) is 24.8 Å². The molecule has 0 spiro atoms. The summed E-state index contributed by atoms with van der Waals surface area (Å²) in [6.45, 7) is 6.56. The van der Waals surface area contributed by atoms with Gasteiger partial charge in [0.05, 0.1) is 0 Å². The summed E-state index contributed by atoms with van der Waals surface area (Å²) in [6, 6.07) is 0. The highest BCUT2D eigenvalue weighted by molar-refractivity contribution is 4.93. The number of hydrogen-bond donors (Lipinski definition) is 0. The molecule has 68 valence electrons. The molecule has 0 aliphatic carbocycles. The van der Waals surface area contributed by atoms with Gasteiger partial charge in [0.15, 0.2) is 0 Å².